The summed E-state index contributed by atoms with van der Waals surface area (Å²) in [7, 11) is 0. The van der Waals surface area contributed by atoms with Gasteiger partial charge in [-0.3, -0.25) is 0 Å². The van der Waals surface area contributed by atoms with Gasteiger partial charge in [0.1, 0.15) is 5.15 Å². The fourth-order valence-corrected chi connectivity index (χ4v) is 1.35. The molecule has 0 unspecified atom stereocenters. The van der Waals surface area contributed by atoms with Crippen molar-refractivity contribution in [2.24, 2.45) is 0 Å². The Hall–Kier alpha value is -0.430. The van der Waals surface area contributed by atoms with E-state index >= 15 is 0 Å². The minimum atomic E-state index is -4.95. The highest BCUT2D eigenvalue weighted by Gasteiger charge is 2.38. The smallest absolute Gasteiger partial charge is 0.230 e. The number of rotatable bonds is 1. The van der Waals surface area contributed by atoms with E-state index in [1.54, 1.807) is 0 Å². The number of hydrogen-bond donors (Lipinski definition) is 0. The van der Waals surface area contributed by atoms with E-state index < -0.39 is 29.0 Å². The van der Waals surface area contributed by atoms with E-state index in [9.17, 15) is 22.0 Å². The molecule has 15 heavy (non-hydrogen) atoms. The molecule has 1 aromatic rings. The van der Waals surface area contributed by atoms with Gasteiger partial charge in [-0.1, -0.05) is 11.6 Å². The van der Waals surface area contributed by atoms with E-state index in [0.29, 0.717) is 6.07 Å². The van der Waals surface area contributed by atoms with Gasteiger partial charge < -0.3 is 0 Å². The Morgan fingerprint density at radius 3 is 2.27 bits per heavy atom. The third kappa shape index (κ3) is 2.78. The van der Waals surface area contributed by atoms with Crippen LogP contribution in [-0.2, 0) is 6.18 Å². The first-order valence-corrected chi connectivity index (χ1v) is 4.62. The zero-order valence-electron chi connectivity index (χ0n) is 6.75. The van der Waals surface area contributed by atoms with Crippen molar-refractivity contribution < 1.29 is 22.0 Å². The lowest BCUT2D eigenvalue weighted by Crippen LogP contribution is -2.12. The second-order valence-corrected chi connectivity index (χ2v) is 3.71. The van der Waals surface area contributed by atoms with Crippen LogP contribution in [0.5, 0.6) is 0 Å². The van der Waals surface area contributed by atoms with Gasteiger partial charge in [0.2, 0.25) is 0 Å². The Labute approximate surface area is 94.4 Å². The summed E-state index contributed by atoms with van der Waals surface area (Å²) < 4.78 is 61.2. The van der Waals surface area contributed by atoms with Crippen molar-refractivity contribution in [1.29, 1.82) is 0 Å². The van der Waals surface area contributed by atoms with E-state index in [-0.39, 0.29) is 4.47 Å². The second-order valence-electron chi connectivity index (χ2n) is 2.50. The summed E-state index contributed by atoms with van der Waals surface area (Å²) in [5, 5.41) is -0.508. The van der Waals surface area contributed by atoms with Gasteiger partial charge in [0.05, 0.1) is 4.47 Å². The van der Waals surface area contributed by atoms with Gasteiger partial charge in [-0.2, -0.15) is 13.2 Å². The molecule has 0 aliphatic carbocycles. The van der Waals surface area contributed by atoms with E-state index in [2.05, 4.69) is 20.9 Å². The van der Waals surface area contributed by atoms with Crippen molar-refractivity contribution in [2.75, 3.05) is 0 Å². The topological polar surface area (TPSA) is 12.9 Å². The van der Waals surface area contributed by atoms with Crippen LogP contribution in [0.25, 0.3) is 0 Å². The van der Waals surface area contributed by atoms with Crippen molar-refractivity contribution in [3.63, 3.8) is 0 Å². The maximum absolute atomic E-state index is 12.3. The lowest BCUT2D eigenvalue weighted by molar-refractivity contribution is -0.143. The first-order chi connectivity index (χ1) is 6.73. The molecule has 0 fully saturated rings. The summed E-state index contributed by atoms with van der Waals surface area (Å²) in [4.78, 5) is 2.88. The maximum atomic E-state index is 12.3. The van der Waals surface area contributed by atoms with Crippen LogP contribution in [0.2, 0.25) is 5.15 Å². The molecule has 1 aromatic heterocycles. The Balaban J connectivity index is 3.42. The van der Waals surface area contributed by atoms with Crippen molar-refractivity contribution >= 4 is 27.5 Å². The van der Waals surface area contributed by atoms with Gasteiger partial charge in [-0.25, -0.2) is 13.8 Å². The largest absolute Gasteiger partial charge is 0.433 e. The number of aromatic nitrogens is 1. The van der Waals surface area contributed by atoms with Gasteiger partial charge in [0.15, 0.2) is 5.69 Å². The van der Waals surface area contributed by atoms with Gasteiger partial charge in [-0.15, -0.1) is 0 Å². The number of halogens is 7. The third-order valence-electron chi connectivity index (χ3n) is 1.47. The highest BCUT2D eigenvalue weighted by atomic mass is 79.9. The van der Waals surface area contributed by atoms with Gasteiger partial charge in [0.25, 0.3) is 6.43 Å². The average molecular weight is 310 g/mol. The van der Waals surface area contributed by atoms with Gasteiger partial charge >= 0.3 is 6.18 Å². The monoisotopic (exact) mass is 309 g/mol. The molecule has 0 aliphatic rings. The van der Waals surface area contributed by atoms with Crippen molar-refractivity contribution in [3.05, 3.63) is 26.9 Å². The van der Waals surface area contributed by atoms with Crippen molar-refractivity contribution in [2.45, 2.75) is 12.6 Å². The highest BCUT2D eigenvalue weighted by molar-refractivity contribution is 9.10. The standard InChI is InChI=1S/C7H2BrClF5N/c8-3-1-2(6(10)11)4(7(12,13)14)15-5(3)9/h1,6H. The van der Waals surface area contributed by atoms with Crippen molar-refractivity contribution in [3.8, 4) is 0 Å². The van der Waals surface area contributed by atoms with E-state index in [0.717, 1.165) is 0 Å². The summed E-state index contributed by atoms with van der Waals surface area (Å²) >= 11 is 8.01. The molecule has 0 bridgehead atoms. The number of pyridine rings is 1. The lowest BCUT2D eigenvalue weighted by atomic mass is 10.2. The molecular formula is C7H2BrClF5N. The van der Waals surface area contributed by atoms with E-state index in [1.165, 1.54) is 0 Å². The summed E-state index contributed by atoms with van der Waals surface area (Å²) in [5.74, 6) is 0. The molecule has 0 amide bonds. The normalized spacial score (nSPS) is 12.3. The fourth-order valence-electron chi connectivity index (χ4n) is 0.874. The average Bonchev–Trinajstić information content (AvgIpc) is 2.06. The van der Waals surface area contributed by atoms with Crippen LogP contribution in [0.3, 0.4) is 0 Å². The molecule has 1 rings (SSSR count). The molecule has 0 aliphatic heterocycles. The number of alkyl halides is 5. The summed E-state index contributed by atoms with van der Waals surface area (Å²) in [6.07, 6.45) is -8.21. The quantitative estimate of drug-likeness (QED) is 0.551. The molecule has 0 saturated carbocycles. The predicted octanol–water partition coefficient (Wildman–Crippen LogP) is 4.45. The molecule has 1 heterocycles. The lowest BCUT2D eigenvalue weighted by Gasteiger charge is -2.12. The Bertz CT molecular complexity index is 378. The van der Waals surface area contributed by atoms with Crippen LogP contribution >= 0.6 is 27.5 Å². The first-order valence-electron chi connectivity index (χ1n) is 3.44. The molecule has 1 nitrogen and oxygen atoms in total. The van der Waals surface area contributed by atoms with Crippen LogP contribution in [0.15, 0.2) is 10.5 Å². The van der Waals surface area contributed by atoms with Crippen LogP contribution in [0, 0.1) is 0 Å². The molecule has 0 atom stereocenters. The van der Waals surface area contributed by atoms with Crippen LogP contribution < -0.4 is 0 Å². The van der Waals surface area contributed by atoms with Crippen LogP contribution in [0.1, 0.15) is 17.7 Å². The minimum absolute atomic E-state index is 0.104. The third-order valence-corrected chi connectivity index (χ3v) is 2.59. The van der Waals surface area contributed by atoms with E-state index in [4.69, 9.17) is 11.6 Å². The molecule has 0 aromatic carbocycles. The van der Waals surface area contributed by atoms with E-state index in [1.807, 2.05) is 0 Å². The summed E-state index contributed by atoms with van der Waals surface area (Å²) in [5.41, 5.74) is -2.86. The Morgan fingerprint density at radius 1 is 1.33 bits per heavy atom. The van der Waals surface area contributed by atoms with Gasteiger partial charge in [-0.05, 0) is 22.0 Å². The minimum Gasteiger partial charge on any atom is -0.230 e. The fraction of sp³-hybridized carbons (Fsp3) is 0.286. The Kier molecular flexibility index (Phi) is 3.55. The molecule has 0 N–H and O–H groups in total. The zero-order valence-corrected chi connectivity index (χ0v) is 9.09. The predicted molar refractivity (Wildman–Crippen MR) is 46.9 cm³/mol. The summed E-state index contributed by atoms with van der Waals surface area (Å²) in [6.45, 7) is 0. The van der Waals surface area contributed by atoms with Crippen LogP contribution in [0.4, 0.5) is 22.0 Å². The molecule has 0 spiro atoms. The number of nitrogens with zero attached hydrogens (tertiary/aromatic N) is 1. The second kappa shape index (κ2) is 4.21. The molecule has 0 saturated heterocycles. The molecule has 84 valence electrons. The van der Waals surface area contributed by atoms with Crippen molar-refractivity contribution in [1.82, 2.24) is 4.98 Å². The highest BCUT2D eigenvalue weighted by Crippen LogP contribution is 2.38. The SMILES string of the molecule is FC(F)c1cc(Br)c(Cl)nc1C(F)(F)F. The first kappa shape index (κ1) is 12.6. The Morgan fingerprint density at radius 2 is 1.87 bits per heavy atom. The number of hydrogen-bond acceptors (Lipinski definition) is 1. The summed E-state index contributed by atoms with van der Waals surface area (Å²) in [6, 6.07) is 0.614. The van der Waals surface area contributed by atoms with Crippen LogP contribution in [-0.4, -0.2) is 4.98 Å². The maximum Gasteiger partial charge on any atom is 0.433 e. The molecular weight excluding hydrogens is 308 g/mol. The molecule has 8 heteroatoms. The zero-order chi connectivity index (χ0) is 11.8. The molecule has 0 radical (unpaired) electrons. The van der Waals surface area contributed by atoms with Gasteiger partial charge in [0, 0.05) is 5.56 Å².